The number of fused-ring (bicyclic) bond motifs is 1. The zero-order valence-electron chi connectivity index (χ0n) is 18.7. The molecule has 0 fully saturated rings. The van der Waals surface area contributed by atoms with Crippen molar-refractivity contribution < 1.29 is 34.2 Å². The van der Waals surface area contributed by atoms with E-state index in [1.165, 1.54) is 25.3 Å². The maximum Gasteiger partial charge on any atom is 0.326 e. The van der Waals surface area contributed by atoms with Crippen LogP contribution in [0.5, 0.6) is 0 Å². The highest BCUT2D eigenvalue weighted by molar-refractivity contribution is 6.32. The highest BCUT2D eigenvalue weighted by atomic mass is 35.5. The van der Waals surface area contributed by atoms with Gasteiger partial charge in [-0.1, -0.05) is 11.6 Å². The summed E-state index contributed by atoms with van der Waals surface area (Å²) in [4.78, 5) is 70.7. The van der Waals surface area contributed by atoms with E-state index in [9.17, 15) is 29.1 Å². The number of nitrogens with two attached hydrogens (primary N) is 1. The second-order valence-corrected chi connectivity index (χ2v) is 8.05. The summed E-state index contributed by atoms with van der Waals surface area (Å²) in [6.45, 7) is 1.26. The van der Waals surface area contributed by atoms with Crippen LogP contribution in [0.3, 0.4) is 0 Å². The first-order chi connectivity index (χ1) is 16.9. The number of aliphatic carboxylic acids is 2. The lowest BCUT2D eigenvalue weighted by Crippen LogP contribution is -2.68. The lowest BCUT2D eigenvalue weighted by Gasteiger charge is -2.33. The third-order valence-electron chi connectivity index (χ3n) is 5.01. The molecule has 2 aromatic heterocycles. The van der Waals surface area contributed by atoms with Crippen molar-refractivity contribution in [1.29, 1.82) is 0 Å². The van der Waals surface area contributed by atoms with Gasteiger partial charge in [-0.3, -0.25) is 24.9 Å². The molecule has 0 spiro atoms. The van der Waals surface area contributed by atoms with Crippen molar-refractivity contribution in [3.8, 4) is 0 Å². The first-order valence-corrected chi connectivity index (χ1v) is 10.7. The summed E-state index contributed by atoms with van der Waals surface area (Å²) < 4.78 is 0. The number of carbonyl (C=O) groups excluding carboxylic acids is 3. The molecule has 2 aromatic rings. The molecule has 1 aliphatic heterocycles. The largest absolute Gasteiger partial charge is 0.481 e. The molecule has 190 valence electrons. The number of anilines is 2. The van der Waals surface area contributed by atoms with Crippen LogP contribution < -0.4 is 27.0 Å². The number of carboxylic acids is 2. The van der Waals surface area contributed by atoms with Crippen LogP contribution >= 0.6 is 11.6 Å². The van der Waals surface area contributed by atoms with Crippen LogP contribution in [0.25, 0.3) is 0 Å². The molecule has 8 N–H and O–H groups in total. The number of aromatic nitrogens is 3. The second kappa shape index (κ2) is 10.5. The van der Waals surface area contributed by atoms with E-state index >= 15 is 0 Å². The van der Waals surface area contributed by atoms with E-state index in [4.69, 9.17) is 22.4 Å². The van der Waals surface area contributed by atoms with Crippen LogP contribution in [0.4, 0.5) is 11.6 Å². The zero-order chi connectivity index (χ0) is 26.6. The predicted molar refractivity (Wildman–Crippen MR) is 123 cm³/mol. The number of hydrogen-bond donors (Lipinski definition) is 7. The molecule has 15 nitrogen and oxygen atoms in total. The molecule has 2 atom stereocenters. The highest BCUT2D eigenvalue weighted by Gasteiger charge is 2.39. The Labute approximate surface area is 207 Å². The maximum absolute atomic E-state index is 12.4. The zero-order valence-corrected chi connectivity index (χ0v) is 19.4. The molecule has 1 aliphatic rings. The van der Waals surface area contributed by atoms with E-state index in [1.54, 1.807) is 0 Å². The molecule has 0 bridgehead atoms. The summed E-state index contributed by atoms with van der Waals surface area (Å²) >= 11 is 6.08. The van der Waals surface area contributed by atoms with E-state index in [1.807, 2.05) is 0 Å². The number of carbonyl (C=O) groups is 5. The van der Waals surface area contributed by atoms with Crippen LogP contribution in [0.2, 0.25) is 5.15 Å². The SMILES string of the molecule is CC(=O)C1(N)NC(=O)c2nc(CNc3ccc(C(=O)N[C@@H](CCC(=O)O)C(=O)O)c(Cl)n3)cnc2N1. The van der Waals surface area contributed by atoms with Crippen molar-refractivity contribution in [3.63, 3.8) is 0 Å². The quantitative estimate of drug-likeness (QED) is 0.196. The average molecular weight is 521 g/mol. The number of hydrogen-bond acceptors (Lipinski definition) is 11. The van der Waals surface area contributed by atoms with E-state index in [-0.39, 0.29) is 41.0 Å². The van der Waals surface area contributed by atoms with E-state index < -0.39 is 47.8 Å². The van der Waals surface area contributed by atoms with Gasteiger partial charge in [-0.05, 0) is 18.6 Å². The molecule has 3 rings (SSSR count). The standard InChI is InChI=1S/C20H21ClN8O7/c1-8(30)20(22)28-16-14(18(34)29-20)25-9(7-24-16)6-23-12-4-2-10(15(21)27-12)17(33)26-11(19(35)36)3-5-13(31)32/h2,4,7,11H,3,5-6,22H2,1H3,(H,23,27)(H,24,28)(H,26,33)(H,29,34)(H,31,32)(H,35,36)/t11-,20?/m0/s1. The van der Waals surface area contributed by atoms with Crippen molar-refractivity contribution in [2.45, 2.75) is 38.1 Å². The lowest BCUT2D eigenvalue weighted by molar-refractivity contribution is -0.140. The molecule has 0 saturated carbocycles. The minimum atomic E-state index is -1.78. The summed E-state index contributed by atoms with van der Waals surface area (Å²) in [7, 11) is 0. The minimum absolute atomic E-state index is 0.0414. The van der Waals surface area contributed by atoms with E-state index in [2.05, 4.69) is 36.2 Å². The Morgan fingerprint density at radius 3 is 2.53 bits per heavy atom. The van der Waals surface area contributed by atoms with Gasteiger partial charge in [0, 0.05) is 13.3 Å². The number of nitrogens with zero attached hydrogens (tertiary/aromatic N) is 3. The Morgan fingerprint density at radius 1 is 1.19 bits per heavy atom. The monoisotopic (exact) mass is 520 g/mol. The van der Waals surface area contributed by atoms with Crippen molar-refractivity contribution in [1.82, 2.24) is 25.6 Å². The Morgan fingerprint density at radius 2 is 1.92 bits per heavy atom. The Balaban J connectivity index is 1.66. The molecule has 2 amide bonds. The molecular weight excluding hydrogens is 500 g/mol. The summed E-state index contributed by atoms with van der Waals surface area (Å²) in [5.74, 6) is -6.14. The van der Waals surface area contributed by atoms with E-state index in [0.29, 0.717) is 5.69 Å². The molecule has 0 saturated heterocycles. The molecular formula is C20H21ClN8O7. The van der Waals surface area contributed by atoms with Gasteiger partial charge in [-0.2, -0.15) is 0 Å². The smallest absolute Gasteiger partial charge is 0.326 e. The van der Waals surface area contributed by atoms with Crippen LogP contribution in [0.15, 0.2) is 18.3 Å². The molecule has 0 radical (unpaired) electrons. The number of ketones is 1. The fourth-order valence-corrected chi connectivity index (χ4v) is 3.28. The van der Waals surface area contributed by atoms with Crippen LogP contribution in [0, 0.1) is 0 Å². The number of halogens is 1. The molecule has 16 heteroatoms. The number of rotatable bonds is 10. The average Bonchev–Trinajstić information content (AvgIpc) is 2.80. The summed E-state index contributed by atoms with van der Waals surface area (Å²) in [6, 6.07) is 1.29. The topological polar surface area (TPSA) is 239 Å². The second-order valence-electron chi connectivity index (χ2n) is 7.69. The van der Waals surface area contributed by atoms with Gasteiger partial charge in [-0.15, -0.1) is 0 Å². The Bertz CT molecular complexity index is 1260. The third kappa shape index (κ3) is 6.00. The summed E-state index contributed by atoms with van der Waals surface area (Å²) in [5.41, 5.74) is 5.98. The van der Waals surface area contributed by atoms with Gasteiger partial charge in [0.25, 0.3) is 11.8 Å². The number of carboxylic acid groups (broad SMARTS) is 2. The predicted octanol–water partition coefficient (Wildman–Crippen LogP) is -0.458. The number of pyridine rings is 1. The van der Waals surface area contributed by atoms with E-state index in [0.717, 1.165) is 0 Å². The van der Waals surface area contributed by atoms with Crippen molar-refractivity contribution in [3.05, 3.63) is 40.4 Å². The summed E-state index contributed by atoms with van der Waals surface area (Å²) in [6.07, 6.45) is 0.598. The molecule has 3 heterocycles. The third-order valence-corrected chi connectivity index (χ3v) is 5.30. The van der Waals surface area contributed by atoms with Crippen molar-refractivity contribution in [2.75, 3.05) is 10.6 Å². The van der Waals surface area contributed by atoms with Gasteiger partial charge >= 0.3 is 11.9 Å². The van der Waals surface area contributed by atoms with Crippen LogP contribution in [-0.2, 0) is 20.9 Å². The van der Waals surface area contributed by atoms with Gasteiger partial charge in [0.1, 0.15) is 17.0 Å². The molecule has 0 aromatic carbocycles. The Hall–Kier alpha value is -4.37. The number of nitrogens with one attached hydrogen (secondary N) is 4. The normalized spacial score (nSPS) is 17.1. The van der Waals surface area contributed by atoms with Crippen molar-refractivity contribution in [2.24, 2.45) is 5.73 Å². The number of amides is 2. The fourth-order valence-electron chi connectivity index (χ4n) is 3.04. The summed E-state index contributed by atoms with van der Waals surface area (Å²) in [5, 5.41) is 27.7. The fraction of sp³-hybridized carbons (Fsp3) is 0.300. The first-order valence-electron chi connectivity index (χ1n) is 10.3. The molecule has 1 unspecified atom stereocenters. The molecule has 36 heavy (non-hydrogen) atoms. The first kappa shape index (κ1) is 26.2. The minimum Gasteiger partial charge on any atom is -0.481 e. The van der Waals surface area contributed by atoms with Gasteiger partial charge < -0.3 is 31.5 Å². The van der Waals surface area contributed by atoms with Crippen LogP contribution in [0.1, 0.15) is 46.3 Å². The lowest BCUT2D eigenvalue weighted by atomic mass is 10.1. The maximum atomic E-state index is 12.4. The van der Waals surface area contributed by atoms with Gasteiger partial charge in [0.2, 0.25) is 5.79 Å². The van der Waals surface area contributed by atoms with Gasteiger partial charge in [-0.25, -0.2) is 19.7 Å². The molecule has 0 aliphatic carbocycles. The van der Waals surface area contributed by atoms with Gasteiger partial charge in [0.05, 0.1) is 24.0 Å². The van der Waals surface area contributed by atoms with Crippen molar-refractivity contribution >= 4 is 52.8 Å². The van der Waals surface area contributed by atoms with Gasteiger partial charge in [0.15, 0.2) is 17.3 Å². The number of Topliss-reactive ketones (excluding diaryl/α,β-unsaturated/α-hetero) is 1. The van der Waals surface area contributed by atoms with Crippen LogP contribution in [-0.4, -0.2) is 66.5 Å². The highest BCUT2D eigenvalue weighted by Crippen LogP contribution is 2.21. The Kier molecular flexibility index (Phi) is 7.65.